The molecule has 2 amide bonds. The van der Waals surface area contributed by atoms with Gasteiger partial charge < -0.3 is 14.5 Å². The van der Waals surface area contributed by atoms with E-state index < -0.39 is 0 Å². The van der Waals surface area contributed by atoms with E-state index in [0.717, 1.165) is 0 Å². The van der Waals surface area contributed by atoms with Gasteiger partial charge in [-0.25, -0.2) is 4.68 Å². The smallest absolute Gasteiger partial charge is 0.274 e. The van der Waals surface area contributed by atoms with Gasteiger partial charge in [-0.15, -0.1) is 10.2 Å². The number of piperazine rings is 1. The predicted octanol–water partition coefficient (Wildman–Crippen LogP) is 1.30. The van der Waals surface area contributed by atoms with Crippen molar-refractivity contribution in [2.45, 2.75) is 0 Å². The van der Waals surface area contributed by atoms with Crippen LogP contribution in [-0.2, 0) is 4.79 Å². The number of halogens is 1. The van der Waals surface area contributed by atoms with Gasteiger partial charge in [0.2, 0.25) is 11.8 Å². The second-order valence-corrected chi connectivity index (χ2v) is 7.10. The summed E-state index contributed by atoms with van der Waals surface area (Å²) < 4.78 is 6.53. The molecular weight excluding hydrogens is 410 g/mol. The second kappa shape index (κ2) is 8.07. The Hall–Kier alpha value is -3.53. The molecule has 3 aromatic rings. The number of pyridine rings is 1. The van der Waals surface area contributed by atoms with E-state index in [-0.39, 0.29) is 24.1 Å². The van der Waals surface area contributed by atoms with Crippen LogP contribution in [0.2, 0.25) is 5.02 Å². The Kier molecular flexibility index (Phi) is 5.32. The van der Waals surface area contributed by atoms with Crippen LogP contribution in [0.1, 0.15) is 10.5 Å². The Labute approximate surface area is 177 Å². The number of hydrogen-bond acceptors (Lipinski definition) is 7. The lowest BCUT2D eigenvalue weighted by Crippen LogP contribution is -2.50. The highest BCUT2D eigenvalue weighted by Crippen LogP contribution is 2.24. The molecule has 0 N–H and O–H groups in total. The van der Waals surface area contributed by atoms with Gasteiger partial charge in [-0.1, -0.05) is 11.6 Å². The van der Waals surface area contributed by atoms with E-state index in [9.17, 15) is 9.59 Å². The first-order valence-electron chi connectivity index (χ1n) is 9.09. The van der Waals surface area contributed by atoms with Crippen LogP contribution >= 0.6 is 11.6 Å². The van der Waals surface area contributed by atoms with Crippen LogP contribution in [0.5, 0.6) is 5.88 Å². The third kappa shape index (κ3) is 3.81. The number of carbonyl (C=O) groups excluding carboxylic acids is 2. The average Bonchev–Trinajstić information content (AvgIpc) is 3.21. The summed E-state index contributed by atoms with van der Waals surface area (Å²) in [5, 5.41) is 13.0. The molecule has 10 nitrogen and oxygen atoms in total. The Morgan fingerprint density at radius 3 is 2.63 bits per heavy atom. The molecule has 3 aromatic heterocycles. The van der Waals surface area contributed by atoms with Crippen molar-refractivity contribution >= 4 is 23.4 Å². The standard InChI is InChI=1S/C19H18ClN7O3/c1-25-7-8-26(11-18(25)28)19(29)14-9-15(13-4-3-12(20)10-21-13)27(24-14)16-5-6-17(30-2)23-22-16/h3-6,9-10H,7-8,11H2,1-2H3. The number of ether oxygens (including phenoxy) is 1. The second-order valence-electron chi connectivity index (χ2n) is 6.66. The van der Waals surface area contributed by atoms with E-state index in [1.807, 2.05) is 0 Å². The van der Waals surface area contributed by atoms with Gasteiger partial charge in [0.15, 0.2) is 11.5 Å². The van der Waals surface area contributed by atoms with Crippen LogP contribution in [0.4, 0.5) is 0 Å². The third-order valence-electron chi connectivity index (χ3n) is 4.71. The number of amides is 2. The molecule has 11 heteroatoms. The molecule has 30 heavy (non-hydrogen) atoms. The van der Waals surface area contributed by atoms with Crippen molar-refractivity contribution in [2.75, 3.05) is 33.8 Å². The fraction of sp³-hybridized carbons (Fsp3) is 0.263. The maximum Gasteiger partial charge on any atom is 0.274 e. The lowest BCUT2D eigenvalue weighted by molar-refractivity contribution is -0.133. The summed E-state index contributed by atoms with van der Waals surface area (Å²) in [5.41, 5.74) is 1.27. The monoisotopic (exact) mass is 427 g/mol. The summed E-state index contributed by atoms with van der Waals surface area (Å²) in [6, 6.07) is 8.35. The van der Waals surface area contributed by atoms with Gasteiger partial charge in [0.25, 0.3) is 5.91 Å². The van der Waals surface area contributed by atoms with Crippen LogP contribution < -0.4 is 4.74 Å². The summed E-state index contributed by atoms with van der Waals surface area (Å²) in [7, 11) is 3.21. The number of methoxy groups -OCH3 is 1. The minimum atomic E-state index is -0.341. The average molecular weight is 428 g/mol. The van der Waals surface area contributed by atoms with Crippen LogP contribution in [0, 0.1) is 0 Å². The summed E-state index contributed by atoms with van der Waals surface area (Å²) in [6.45, 7) is 0.921. The lowest BCUT2D eigenvalue weighted by atomic mass is 10.2. The minimum Gasteiger partial charge on any atom is -0.480 e. The van der Waals surface area contributed by atoms with Gasteiger partial charge in [-0.2, -0.15) is 5.10 Å². The maximum atomic E-state index is 13.0. The molecule has 0 saturated carbocycles. The molecule has 1 aliphatic rings. The highest BCUT2D eigenvalue weighted by Gasteiger charge is 2.28. The van der Waals surface area contributed by atoms with Crippen LogP contribution in [0.15, 0.2) is 36.5 Å². The van der Waals surface area contributed by atoms with E-state index in [2.05, 4.69) is 20.3 Å². The fourth-order valence-corrected chi connectivity index (χ4v) is 3.11. The molecule has 0 radical (unpaired) electrons. The summed E-state index contributed by atoms with van der Waals surface area (Å²) in [6.07, 6.45) is 1.51. The van der Waals surface area contributed by atoms with E-state index in [0.29, 0.717) is 41.2 Å². The van der Waals surface area contributed by atoms with E-state index >= 15 is 0 Å². The SMILES string of the molecule is COc1ccc(-n2nc(C(=O)N3CCN(C)C(=O)C3)cc2-c2ccc(Cl)cn2)nn1. The van der Waals surface area contributed by atoms with Gasteiger partial charge in [0.1, 0.15) is 6.54 Å². The Morgan fingerprint density at radius 1 is 1.17 bits per heavy atom. The zero-order valence-electron chi connectivity index (χ0n) is 16.3. The molecule has 0 atom stereocenters. The summed E-state index contributed by atoms with van der Waals surface area (Å²) >= 11 is 5.95. The largest absolute Gasteiger partial charge is 0.480 e. The Balaban J connectivity index is 1.74. The molecule has 1 aliphatic heterocycles. The van der Waals surface area contributed by atoms with E-state index in [1.54, 1.807) is 42.3 Å². The number of hydrogen-bond donors (Lipinski definition) is 0. The van der Waals surface area contributed by atoms with Crippen LogP contribution in [-0.4, -0.2) is 80.4 Å². The van der Waals surface area contributed by atoms with E-state index in [4.69, 9.17) is 16.3 Å². The zero-order valence-corrected chi connectivity index (χ0v) is 17.1. The molecule has 1 saturated heterocycles. The van der Waals surface area contributed by atoms with E-state index in [1.165, 1.54) is 22.9 Å². The van der Waals surface area contributed by atoms with Gasteiger partial charge >= 0.3 is 0 Å². The highest BCUT2D eigenvalue weighted by molar-refractivity contribution is 6.30. The molecule has 4 rings (SSSR count). The summed E-state index contributed by atoms with van der Waals surface area (Å²) in [5.74, 6) is 0.280. The summed E-state index contributed by atoms with van der Waals surface area (Å²) in [4.78, 5) is 32.4. The first-order valence-corrected chi connectivity index (χ1v) is 9.47. The van der Waals surface area contributed by atoms with Crippen molar-refractivity contribution in [2.24, 2.45) is 0 Å². The number of carbonyl (C=O) groups is 2. The van der Waals surface area contributed by atoms with Gasteiger partial charge in [-0.05, 0) is 24.3 Å². The Morgan fingerprint density at radius 2 is 2.00 bits per heavy atom. The quantitative estimate of drug-likeness (QED) is 0.617. The number of likely N-dealkylation sites (N-methyl/N-ethyl adjacent to an activating group) is 1. The molecule has 0 unspecified atom stereocenters. The molecule has 0 aromatic carbocycles. The first-order chi connectivity index (χ1) is 14.5. The molecule has 0 bridgehead atoms. The van der Waals surface area contributed by atoms with Gasteiger partial charge in [0, 0.05) is 32.4 Å². The normalized spacial score (nSPS) is 14.2. The molecule has 1 fully saturated rings. The molecule has 4 heterocycles. The Bertz CT molecular complexity index is 1080. The van der Waals surface area contributed by atoms with Crippen molar-refractivity contribution in [3.63, 3.8) is 0 Å². The van der Waals surface area contributed by atoms with Gasteiger partial charge in [-0.3, -0.25) is 14.6 Å². The van der Waals surface area contributed by atoms with Crippen molar-refractivity contribution in [1.82, 2.24) is 34.8 Å². The van der Waals surface area contributed by atoms with Crippen LogP contribution in [0.3, 0.4) is 0 Å². The number of nitrogens with zero attached hydrogens (tertiary/aromatic N) is 7. The molecule has 154 valence electrons. The zero-order chi connectivity index (χ0) is 21.3. The van der Waals surface area contributed by atoms with Crippen molar-refractivity contribution in [1.29, 1.82) is 0 Å². The predicted molar refractivity (Wildman–Crippen MR) is 107 cm³/mol. The lowest BCUT2D eigenvalue weighted by Gasteiger charge is -2.31. The number of rotatable bonds is 4. The number of aromatic nitrogens is 5. The molecule has 0 spiro atoms. The fourth-order valence-electron chi connectivity index (χ4n) is 3.00. The van der Waals surface area contributed by atoms with Crippen molar-refractivity contribution in [3.8, 4) is 23.1 Å². The van der Waals surface area contributed by atoms with Crippen molar-refractivity contribution < 1.29 is 14.3 Å². The topological polar surface area (TPSA) is 106 Å². The third-order valence-corrected chi connectivity index (χ3v) is 4.94. The van der Waals surface area contributed by atoms with Crippen LogP contribution in [0.25, 0.3) is 17.2 Å². The van der Waals surface area contributed by atoms with Crippen molar-refractivity contribution in [3.05, 3.63) is 47.2 Å². The highest BCUT2D eigenvalue weighted by atomic mass is 35.5. The maximum absolute atomic E-state index is 13.0. The molecule has 0 aliphatic carbocycles. The molecular formula is C19H18ClN7O3. The van der Waals surface area contributed by atoms with Gasteiger partial charge in [0.05, 0.1) is 23.5 Å². The first kappa shape index (κ1) is 19.8. The minimum absolute atomic E-state index is 0.0130.